The summed E-state index contributed by atoms with van der Waals surface area (Å²) in [5.41, 5.74) is 2.88. The zero-order valence-electron chi connectivity index (χ0n) is 16.1. The Morgan fingerprint density at radius 1 is 1.00 bits per heavy atom. The number of hydrogen-bond acceptors (Lipinski definition) is 7. The van der Waals surface area contributed by atoms with Crippen LogP contribution in [-0.2, 0) is 17.9 Å². The molecule has 0 spiro atoms. The Labute approximate surface area is 163 Å². The van der Waals surface area contributed by atoms with Gasteiger partial charge >= 0.3 is 0 Å². The van der Waals surface area contributed by atoms with E-state index >= 15 is 0 Å². The lowest BCUT2D eigenvalue weighted by Crippen LogP contribution is -2.33. The third kappa shape index (κ3) is 3.96. The van der Waals surface area contributed by atoms with E-state index in [9.17, 15) is 4.79 Å². The zero-order valence-corrected chi connectivity index (χ0v) is 16.1. The minimum atomic E-state index is 0.104. The molecule has 3 heterocycles. The van der Waals surface area contributed by atoms with Gasteiger partial charge in [-0.25, -0.2) is 0 Å². The molecule has 0 unspecified atom stereocenters. The molecule has 28 heavy (non-hydrogen) atoms. The van der Waals surface area contributed by atoms with Gasteiger partial charge in [-0.15, -0.1) is 0 Å². The number of carbonyl (C=O) groups is 1. The molecule has 146 valence electrons. The van der Waals surface area contributed by atoms with E-state index in [2.05, 4.69) is 20.2 Å². The summed E-state index contributed by atoms with van der Waals surface area (Å²) in [6.45, 7) is 7.07. The Hall–Kier alpha value is -3.00. The smallest absolute Gasteiger partial charge is 0.257 e. The fraction of sp³-hybridized carbons (Fsp3) is 0.400. The van der Waals surface area contributed by atoms with Crippen molar-refractivity contribution < 1.29 is 13.8 Å². The van der Waals surface area contributed by atoms with Crippen molar-refractivity contribution in [2.45, 2.75) is 33.4 Å². The highest BCUT2D eigenvalue weighted by Crippen LogP contribution is 2.19. The first-order valence-electron chi connectivity index (χ1n) is 9.40. The Kier molecular flexibility index (Phi) is 5.21. The predicted octanol–water partition coefficient (Wildman–Crippen LogP) is 2.58. The van der Waals surface area contributed by atoms with Crippen LogP contribution in [0.1, 0.15) is 29.3 Å². The van der Waals surface area contributed by atoms with Gasteiger partial charge in [0.2, 0.25) is 5.91 Å². The Balaban J connectivity index is 1.39. The summed E-state index contributed by atoms with van der Waals surface area (Å²) in [4.78, 5) is 21.1. The van der Waals surface area contributed by atoms with Gasteiger partial charge in [-0.3, -0.25) is 9.69 Å². The van der Waals surface area contributed by atoms with Gasteiger partial charge in [-0.1, -0.05) is 28.5 Å². The van der Waals surface area contributed by atoms with Crippen LogP contribution >= 0.6 is 0 Å². The maximum Gasteiger partial charge on any atom is 0.257 e. The molecule has 0 atom stereocenters. The molecule has 4 rings (SSSR count). The zero-order chi connectivity index (χ0) is 19.5. The average Bonchev–Trinajstić information content (AvgIpc) is 3.25. The highest BCUT2D eigenvalue weighted by Gasteiger charge is 2.24. The van der Waals surface area contributed by atoms with E-state index in [0.29, 0.717) is 37.8 Å². The topological polar surface area (TPSA) is 88.5 Å². The molecule has 1 fully saturated rings. The van der Waals surface area contributed by atoms with Gasteiger partial charge in [0.1, 0.15) is 5.76 Å². The van der Waals surface area contributed by atoms with Crippen LogP contribution in [0.15, 0.2) is 39.4 Å². The van der Waals surface area contributed by atoms with Crippen molar-refractivity contribution in [3.05, 3.63) is 53.2 Å². The number of hydrogen-bond donors (Lipinski definition) is 0. The molecule has 1 aliphatic heterocycles. The molecule has 1 aromatic carbocycles. The Morgan fingerprint density at radius 2 is 1.82 bits per heavy atom. The molecule has 0 bridgehead atoms. The molecule has 8 heteroatoms. The van der Waals surface area contributed by atoms with Gasteiger partial charge < -0.3 is 13.9 Å². The first kappa shape index (κ1) is 18.4. The van der Waals surface area contributed by atoms with Crippen LogP contribution in [0.2, 0.25) is 0 Å². The van der Waals surface area contributed by atoms with Crippen LogP contribution in [0.3, 0.4) is 0 Å². The van der Waals surface area contributed by atoms with Crippen LogP contribution in [0.4, 0.5) is 0 Å². The number of aryl methyl sites for hydroxylation is 2. The average molecular weight is 381 g/mol. The summed E-state index contributed by atoms with van der Waals surface area (Å²) in [5.74, 6) is 1.93. The number of rotatable bonds is 5. The Bertz CT molecular complexity index is 930. The monoisotopic (exact) mass is 381 g/mol. The summed E-state index contributed by atoms with van der Waals surface area (Å²) in [7, 11) is 0. The predicted molar refractivity (Wildman–Crippen MR) is 101 cm³/mol. The first-order valence-corrected chi connectivity index (χ1v) is 9.40. The number of carbonyl (C=O) groups excluding carboxylic acids is 1. The summed E-state index contributed by atoms with van der Waals surface area (Å²) in [6, 6.07) is 9.61. The minimum Gasteiger partial charge on any atom is -0.361 e. The number of benzene rings is 1. The standard InChI is InChI=1S/C20H23N5O3/c1-14-17(15(2)27-22-14)12-24-9-8-19(26)25(11-10-24)13-18-21-20(28-23-18)16-6-4-3-5-7-16/h3-7H,8-13H2,1-2H3. The van der Waals surface area contributed by atoms with Crippen molar-refractivity contribution in [1.82, 2.24) is 25.1 Å². The van der Waals surface area contributed by atoms with E-state index in [0.717, 1.165) is 35.7 Å². The van der Waals surface area contributed by atoms with Crippen LogP contribution in [0.25, 0.3) is 11.5 Å². The molecule has 0 radical (unpaired) electrons. The highest BCUT2D eigenvalue weighted by molar-refractivity contribution is 5.76. The van der Waals surface area contributed by atoms with Gasteiger partial charge in [-0.2, -0.15) is 4.98 Å². The molecular weight excluding hydrogens is 358 g/mol. The third-order valence-corrected chi connectivity index (χ3v) is 5.06. The van der Waals surface area contributed by atoms with Crippen molar-refractivity contribution in [3.63, 3.8) is 0 Å². The summed E-state index contributed by atoms with van der Waals surface area (Å²) < 4.78 is 10.6. The highest BCUT2D eigenvalue weighted by atomic mass is 16.5. The van der Waals surface area contributed by atoms with Gasteiger partial charge in [0.15, 0.2) is 5.82 Å². The molecule has 1 amide bonds. The maximum absolute atomic E-state index is 12.6. The second-order valence-corrected chi connectivity index (χ2v) is 7.03. The fourth-order valence-electron chi connectivity index (χ4n) is 3.37. The Morgan fingerprint density at radius 3 is 2.57 bits per heavy atom. The minimum absolute atomic E-state index is 0.104. The fourth-order valence-corrected chi connectivity index (χ4v) is 3.37. The van der Waals surface area contributed by atoms with Gasteiger partial charge in [0.05, 0.1) is 12.2 Å². The van der Waals surface area contributed by atoms with E-state index < -0.39 is 0 Å². The van der Waals surface area contributed by atoms with Crippen LogP contribution < -0.4 is 0 Å². The molecular formula is C20H23N5O3. The molecule has 8 nitrogen and oxygen atoms in total. The van der Waals surface area contributed by atoms with Crippen LogP contribution in [0.5, 0.6) is 0 Å². The first-order chi connectivity index (χ1) is 13.6. The van der Waals surface area contributed by atoms with E-state index in [1.54, 1.807) is 4.90 Å². The van der Waals surface area contributed by atoms with Gasteiger partial charge in [-0.05, 0) is 26.0 Å². The van der Waals surface area contributed by atoms with E-state index in [4.69, 9.17) is 9.05 Å². The van der Waals surface area contributed by atoms with Crippen molar-refractivity contribution in [1.29, 1.82) is 0 Å². The summed E-state index contributed by atoms with van der Waals surface area (Å²) >= 11 is 0. The SMILES string of the molecule is Cc1noc(C)c1CN1CCC(=O)N(Cc2noc(-c3ccccc3)n2)CC1. The molecule has 0 N–H and O–H groups in total. The lowest BCUT2D eigenvalue weighted by atomic mass is 10.2. The van der Waals surface area contributed by atoms with Crippen LogP contribution in [0, 0.1) is 13.8 Å². The molecule has 0 saturated carbocycles. The second kappa shape index (κ2) is 7.93. The normalized spacial score (nSPS) is 15.8. The number of aromatic nitrogens is 3. The lowest BCUT2D eigenvalue weighted by molar-refractivity contribution is -0.131. The molecule has 0 aliphatic carbocycles. The van der Waals surface area contributed by atoms with Crippen LogP contribution in [-0.4, -0.2) is 50.6 Å². The van der Waals surface area contributed by atoms with Crippen molar-refractivity contribution in [2.24, 2.45) is 0 Å². The van der Waals surface area contributed by atoms with E-state index in [-0.39, 0.29) is 5.91 Å². The van der Waals surface area contributed by atoms with Crippen molar-refractivity contribution in [2.75, 3.05) is 19.6 Å². The van der Waals surface area contributed by atoms with Crippen molar-refractivity contribution in [3.8, 4) is 11.5 Å². The van der Waals surface area contributed by atoms with E-state index in [1.165, 1.54) is 0 Å². The summed E-state index contributed by atoms with van der Waals surface area (Å²) in [6.07, 6.45) is 0.465. The summed E-state index contributed by atoms with van der Waals surface area (Å²) in [5, 5.41) is 8.05. The van der Waals surface area contributed by atoms with Gasteiger partial charge in [0, 0.05) is 43.7 Å². The number of amides is 1. The third-order valence-electron chi connectivity index (χ3n) is 5.06. The second-order valence-electron chi connectivity index (χ2n) is 7.03. The maximum atomic E-state index is 12.6. The molecule has 1 aliphatic rings. The molecule has 3 aromatic rings. The quantitative estimate of drug-likeness (QED) is 0.671. The van der Waals surface area contributed by atoms with Gasteiger partial charge in [0.25, 0.3) is 5.89 Å². The van der Waals surface area contributed by atoms with Crippen molar-refractivity contribution >= 4 is 5.91 Å². The van der Waals surface area contributed by atoms with E-state index in [1.807, 2.05) is 44.2 Å². The molecule has 1 saturated heterocycles. The lowest BCUT2D eigenvalue weighted by Gasteiger charge is -2.21. The largest absolute Gasteiger partial charge is 0.361 e. The molecule has 2 aromatic heterocycles. The number of nitrogens with zero attached hydrogens (tertiary/aromatic N) is 5.